The smallest absolute Gasteiger partial charge is 0.134 e. The second-order valence-electron chi connectivity index (χ2n) is 3.35. The lowest BCUT2D eigenvalue weighted by Gasteiger charge is -2.09. The molecule has 2 aromatic rings. The van der Waals surface area contributed by atoms with Gasteiger partial charge in [0.1, 0.15) is 11.5 Å². The molecule has 0 aliphatic rings. The van der Waals surface area contributed by atoms with Crippen molar-refractivity contribution in [2.24, 2.45) is 0 Å². The topological polar surface area (TPSA) is 18.5 Å². The molecular weight excluding hydrogens is 200 g/mol. The van der Waals surface area contributed by atoms with E-state index in [1.54, 1.807) is 20.3 Å². The van der Waals surface area contributed by atoms with Crippen molar-refractivity contribution in [2.45, 2.75) is 0 Å². The van der Waals surface area contributed by atoms with Crippen LogP contribution in [0.2, 0.25) is 0 Å². The van der Waals surface area contributed by atoms with Crippen LogP contribution in [0.1, 0.15) is 0 Å². The molecule has 81 valence electrons. The number of ether oxygens (including phenoxy) is 2. The molecule has 0 N–H and O–H groups in total. The van der Waals surface area contributed by atoms with Gasteiger partial charge in [-0.3, -0.25) is 0 Å². The van der Waals surface area contributed by atoms with Gasteiger partial charge >= 0.3 is 0 Å². The van der Waals surface area contributed by atoms with Gasteiger partial charge in [0.2, 0.25) is 0 Å². The monoisotopic (exact) mass is 213 g/mol. The van der Waals surface area contributed by atoms with Crippen molar-refractivity contribution in [3.63, 3.8) is 0 Å². The molecule has 0 aromatic heterocycles. The fourth-order valence-corrected chi connectivity index (χ4v) is 1.58. The van der Waals surface area contributed by atoms with Gasteiger partial charge in [-0.1, -0.05) is 30.3 Å². The van der Waals surface area contributed by atoms with E-state index in [-0.39, 0.29) is 0 Å². The van der Waals surface area contributed by atoms with E-state index in [4.69, 9.17) is 9.47 Å². The molecule has 0 amide bonds. The predicted molar refractivity (Wildman–Crippen MR) is 63.8 cm³/mol. The first-order valence-corrected chi connectivity index (χ1v) is 5.04. The van der Waals surface area contributed by atoms with E-state index in [1.165, 1.54) is 0 Å². The molecule has 0 aliphatic heterocycles. The number of rotatable bonds is 3. The van der Waals surface area contributed by atoms with Crippen LogP contribution >= 0.6 is 0 Å². The van der Waals surface area contributed by atoms with Crippen molar-refractivity contribution < 1.29 is 9.47 Å². The van der Waals surface area contributed by atoms with E-state index in [0.717, 1.165) is 22.6 Å². The Morgan fingerprint density at radius 2 is 1.75 bits per heavy atom. The maximum absolute atomic E-state index is 5.29. The van der Waals surface area contributed by atoms with Gasteiger partial charge in [0.15, 0.2) is 0 Å². The van der Waals surface area contributed by atoms with Gasteiger partial charge in [-0.05, 0) is 17.7 Å². The van der Waals surface area contributed by atoms with Gasteiger partial charge in [0.05, 0.1) is 14.2 Å². The Kier molecular flexibility index (Phi) is 3.10. The Morgan fingerprint density at radius 1 is 1.00 bits per heavy atom. The van der Waals surface area contributed by atoms with Crippen LogP contribution in [0.3, 0.4) is 0 Å². The molecule has 0 atom stereocenters. The van der Waals surface area contributed by atoms with E-state index in [1.807, 2.05) is 36.4 Å². The molecule has 0 aliphatic carbocycles. The molecule has 0 fully saturated rings. The summed E-state index contributed by atoms with van der Waals surface area (Å²) in [5, 5.41) is 0. The summed E-state index contributed by atoms with van der Waals surface area (Å²) in [5.41, 5.74) is 2.08. The summed E-state index contributed by atoms with van der Waals surface area (Å²) in [4.78, 5) is 0. The minimum atomic E-state index is 0.729. The van der Waals surface area contributed by atoms with E-state index in [2.05, 4.69) is 6.07 Å². The molecule has 0 saturated heterocycles. The lowest BCUT2D eigenvalue weighted by atomic mass is 10.0. The normalized spacial score (nSPS) is 9.88. The Labute approximate surface area is 95.4 Å². The van der Waals surface area contributed by atoms with Crippen molar-refractivity contribution in [3.8, 4) is 22.6 Å². The fraction of sp³-hybridized carbons (Fsp3) is 0.143. The molecular formula is C14H13O2. The number of methoxy groups -OCH3 is 2. The van der Waals surface area contributed by atoms with E-state index < -0.39 is 0 Å². The van der Waals surface area contributed by atoms with E-state index in [0.29, 0.717) is 0 Å². The molecule has 2 rings (SSSR count). The zero-order valence-corrected chi connectivity index (χ0v) is 9.36. The van der Waals surface area contributed by atoms with Crippen LogP contribution in [0.4, 0.5) is 0 Å². The van der Waals surface area contributed by atoms with Gasteiger partial charge in [0.25, 0.3) is 0 Å². The Balaban J connectivity index is 2.53. The fourth-order valence-electron chi connectivity index (χ4n) is 1.58. The summed E-state index contributed by atoms with van der Waals surface area (Å²) in [6, 6.07) is 16.8. The Hall–Kier alpha value is -1.96. The van der Waals surface area contributed by atoms with Crippen LogP contribution in [0, 0.1) is 6.07 Å². The molecule has 0 saturated carbocycles. The van der Waals surface area contributed by atoms with Crippen LogP contribution < -0.4 is 9.47 Å². The summed E-state index contributed by atoms with van der Waals surface area (Å²) >= 11 is 0. The van der Waals surface area contributed by atoms with Crippen molar-refractivity contribution >= 4 is 0 Å². The molecule has 2 nitrogen and oxygen atoms in total. The highest BCUT2D eigenvalue weighted by Gasteiger charge is 2.06. The Bertz CT molecular complexity index is 463. The zero-order chi connectivity index (χ0) is 11.4. The summed E-state index contributed by atoms with van der Waals surface area (Å²) in [6.07, 6.45) is 0. The van der Waals surface area contributed by atoms with Gasteiger partial charge in [0, 0.05) is 11.6 Å². The molecule has 0 spiro atoms. The van der Waals surface area contributed by atoms with Crippen molar-refractivity contribution in [1.82, 2.24) is 0 Å². The average molecular weight is 213 g/mol. The number of hydrogen-bond donors (Lipinski definition) is 0. The van der Waals surface area contributed by atoms with Crippen LogP contribution in [0.15, 0.2) is 42.5 Å². The second-order valence-corrected chi connectivity index (χ2v) is 3.35. The standard InChI is InChI=1S/C14H13O2/c1-15-12-8-9-14(16-2)13(10-12)11-6-4-3-5-7-11/h3-8,10H,1-2H3. The maximum Gasteiger partial charge on any atom is 0.134 e. The predicted octanol–water partition coefficient (Wildman–Crippen LogP) is 3.17. The highest BCUT2D eigenvalue weighted by Crippen LogP contribution is 2.32. The van der Waals surface area contributed by atoms with Gasteiger partial charge < -0.3 is 9.47 Å². The summed E-state index contributed by atoms with van der Waals surface area (Å²) < 4.78 is 10.5. The lowest BCUT2D eigenvalue weighted by Crippen LogP contribution is -1.90. The molecule has 0 bridgehead atoms. The first-order chi connectivity index (χ1) is 7.85. The van der Waals surface area contributed by atoms with Crippen LogP contribution in [-0.2, 0) is 0 Å². The largest absolute Gasteiger partial charge is 0.497 e. The van der Waals surface area contributed by atoms with E-state index in [9.17, 15) is 0 Å². The summed E-state index contributed by atoms with van der Waals surface area (Å²) in [5.74, 6) is 1.51. The van der Waals surface area contributed by atoms with Gasteiger partial charge in [-0.2, -0.15) is 0 Å². The molecule has 0 unspecified atom stereocenters. The van der Waals surface area contributed by atoms with Crippen LogP contribution in [0.5, 0.6) is 11.5 Å². The van der Waals surface area contributed by atoms with E-state index >= 15 is 0 Å². The lowest BCUT2D eigenvalue weighted by molar-refractivity contribution is 0.404. The average Bonchev–Trinajstić information content (AvgIpc) is 2.39. The minimum Gasteiger partial charge on any atom is -0.497 e. The second kappa shape index (κ2) is 4.71. The third-order valence-corrected chi connectivity index (χ3v) is 2.40. The third kappa shape index (κ3) is 2.01. The van der Waals surface area contributed by atoms with Crippen molar-refractivity contribution in [3.05, 3.63) is 48.5 Å². The highest BCUT2D eigenvalue weighted by atomic mass is 16.5. The van der Waals surface area contributed by atoms with Crippen LogP contribution in [-0.4, -0.2) is 14.2 Å². The maximum atomic E-state index is 5.29. The van der Waals surface area contributed by atoms with Crippen molar-refractivity contribution in [2.75, 3.05) is 14.2 Å². The number of benzene rings is 2. The molecule has 2 aromatic carbocycles. The zero-order valence-electron chi connectivity index (χ0n) is 9.36. The Morgan fingerprint density at radius 3 is 2.38 bits per heavy atom. The first-order valence-electron chi connectivity index (χ1n) is 5.04. The van der Waals surface area contributed by atoms with Gasteiger partial charge in [-0.15, -0.1) is 0 Å². The minimum absolute atomic E-state index is 0.729. The molecule has 2 heteroatoms. The SMILES string of the molecule is COc1c[c]c(OC)c(-c2ccccc2)c1. The van der Waals surface area contributed by atoms with Crippen LogP contribution in [0.25, 0.3) is 11.1 Å². The van der Waals surface area contributed by atoms with Crippen molar-refractivity contribution in [1.29, 1.82) is 0 Å². The highest BCUT2D eigenvalue weighted by molar-refractivity contribution is 5.71. The molecule has 0 heterocycles. The molecule has 1 radical (unpaired) electrons. The summed E-state index contributed by atoms with van der Waals surface area (Å²) in [6.45, 7) is 0. The van der Waals surface area contributed by atoms with Gasteiger partial charge in [-0.25, -0.2) is 0 Å². The quantitative estimate of drug-likeness (QED) is 0.779. The number of hydrogen-bond acceptors (Lipinski definition) is 2. The summed E-state index contributed by atoms with van der Waals surface area (Å²) in [7, 11) is 3.29. The molecule has 16 heavy (non-hydrogen) atoms. The third-order valence-electron chi connectivity index (χ3n) is 2.40. The first kappa shape index (κ1) is 10.6.